The molecule has 0 saturated heterocycles. The van der Waals surface area contributed by atoms with E-state index >= 15 is 0 Å². The van der Waals surface area contributed by atoms with E-state index in [1.54, 1.807) is 33.5 Å². The van der Waals surface area contributed by atoms with Crippen molar-refractivity contribution in [2.24, 2.45) is 25.0 Å². The van der Waals surface area contributed by atoms with Crippen LogP contribution in [0.25, 0.3) is 21.5 Å². The first-order chi connectivity index (χ1) is 59.3. The molecule has 12 aromatic carbocycles. The number of rotatable bonds is 23. The first kappa shape index (κ1) is 90.6. The van der Waals surface area contributed by atoms with Crippen LogP contribution in [0.1, 0.15) is 137 Å². The van der Waals surface area contributed by atoms with E-state index in [-0.39, 0.29) is 22.4 Å². The Kier molecular flexibility index (Phi) is 31.0. The maximum absolute atomic E-state index is 14.6. The van der Waals surface area contributed by atoms with Gasteiger partial charge in [-0.2, -0.15) is 0 Å². The van der Waals surface area contributed by atoms with Gasteiger partial charge >= 0.3 is 0 Å². The lowest BCUT2D eigenvalue weighted by molar-refractivity contribution is 0.409. The third-order valence-corrected chi connectivity index (χ3v) is 24.8. The number of amidine groups is 5. The van der Waals surface area contributed by atoms with Crippen molar-refractivity contribution in [3.8, 4) is 17.2 Å². The maximum atomic E-state index is 14.6. The molecule has 5 aliphatic heterocycles. The van der Waals surface area contributed by atoms with Gasteiger partial charge in [0.2, 0.25) is 0 Å². The van der Waals surface area contributed by atoms with Crippen molar-refractivity contribution in [1.29, 1.82) is 0 Å². The summed E-state index contributed by atoms with van der Waals surface area (Å²) < 4.78 is 34.3. The molecular weight excluding hydrogens is 1770 g/mol. The SMILES string of the molecule is CC1(C)CN=C(c2cccc(F)c2CCc2cccc3ccccc23)N1.CC1(C)CN=C(c2ccccc2CCc2cccc3ccccc23)N1.COc1ccc(Br)cc1CCc1c(C)cccc1C1=NCC(C)N1.COc1ccc(Br)cc1CCc1c(Cl)cccc1C1=NCC(C)(C)N1.COc1ccc(Br)cc1CCc1c(Cl)cccc1C1=NCCN1. The molecule has 12 aromatic rings. The molecule has 5 heterocycles. The summed E-state index contributed by atoms with van der Waals surface area (Å²) in [6, 6.07) is 81.0. The molecule has 13 nitrogen and oxygen atoms in total. The molecule has 1 unspecified atom stereocenters. The number of nitrogens with one attached hydrogen (secondary N) is 5. The van der Waals surface area contributed by atoms with Crippen LogP contribution in [-0.4, -0.2) is 112 Å². The summed E-state index contributed by atoms with van der Waals surface area (Å²) in [4.78, 5) is 23.2. The summed E-state index contributed by atoms with van der Waals surface area (Å²) in [6.07, 6.45) is 8.75. The molecule has 0 spiro atoms. The fraction of sp³-hybridized carbons (Fsp3) is 0.298. The fourth-order valence-corrected chi connectivity index (χ4v) is 18.0. The second-order valence-electron chi connectivity index (χ2n) is 33.6. The van der Waals surface area contributed by atoms with Crippen LogP contribution in [0.3, 0.4) is 0 Å². The Morgan fingerprint density at radius 2 is 0.740 bits per heavy atom. The zero-order valence-electron chi connectivity index (χ0n) is 72.1. The van der Waals surface area contributed by atoms with Gasteiger partial charge in [0.05, 0.1) is 70.7 Å². The highest BCUT2D eigenvalue weighted by Gasteiger charge is 2.31. The number of aliphatic imine (C=N–C) groups is 5. The number of fused-ring (bicyclic) bond motifs is 2. The predicted molar refractivity (Wildman–Crippen MR) is 523 cm³/mol. The maximum Gasteiger partial charge on any atom is 0.129 e. The molecule has 0 radical (unpaired) electrons. The van der Waals surface area contributed by atoms with Gasteiger partial charge in [0.1, 0.15) is 52.2 Å². The Bertz CT molecular complexity index is 5910. The molecule has 0 amide bonds. The van der Waals surface area contributed by atoms with E-state index in [4.69, 9.17) is 42.4 Å². The summed E-state index contributed by atoms with van der Waals surface area (Å²) in [5.41, 5.74) is 18.7. The summed E-state index contributed by atoms with van der Waals surface area (Å²) in [6.45, 7) is 22.1. The molecule has 0 bridgehead atoms. The molecule has 0 fully saturated rings. The van der Waals surface area contributed by atoms with Crippen molar-refractivity contribution >= 4 is 122 Å². The van der Waals surface area contributed by atoms with E-state index in [0.717, 1.165) is 205 Å². The van der Waals surface area contributed by atoms with E-state index in [0.29, 0.717) is 19.0 Å². The highest BCUT2D eigenvalue weighted by molar-refractivity contribution is 9.11. The summed E-state index contributed by atoms with van der Waals surface area (Å²) in [7, 11) is 5.13. The lowest BCUT2D eigenvalue weighted by Gasteiger charge is -2.20. The monoisotopic (exact) mass is 1870 g/mol. The third kappa shape index (κ3) is 23.9. The number of methoxy groups -OCH3 is 3. The van der Waals surface area contributed by atoms with Crippen molar-refractivity contribution in [2.75, 3.05) is 60.6 Å². The van der Waals surface area contributed by atoms with E-state index in [2.05, 4.69) is 301 Å². The molecule has 123 heavy (non-hydrogen) atoms. The lowest BCUT2D eigenvalue weighted by Crippen LogP contribution is -2.40. The first-order valence-corrected chi connectivity index (χ1v) is 45.4. The number of halogens is 6. The van der Waals surface area contributed by atoms with E-state index in [1.807, 2.05) is 72.8 Å². The van der Waals surface area contributed by atoms with Gasteiger partial charge in [0.25, 0.3) is 0 Å². The number of hydrogen-bond donors (Lipinski definition) is 5. The van der Waals surface area contributed by atoms with Crippen molar-refractivity contribution in [3.05, 3.63) is 355 Å². The zero-order chi connectivity index (χ0) is 86.8. The molecule has 0 aliphatic carbocycles. The lowest BCUT2D eigenvalue weighted by atomic mass is 9.94. The molecule has 17 rings (SSSR count). The Balaban J connectivity index is 0.000000132. The van der Waals surface area contributed by atoms with Gasteiger partial charge in [-0.25, -0.2) is 4.39 Å². The number of nitrogens with zero attached hydrogens (tertiary/aromatic N) is 5. The minimum absolute atomic E-state index is 0.0115. The van der Waals surface area contributed by atoms with Crippen molar-refractivity contribution < 1.29 is 18.6 Å². The minimum Gasteiger partial charge on any atom is -0.496 e. The standard InChI is InChI=1S/C23H23FN2.C23H24N2.C20H22BrClN2O.C20H23BrN2O.C18H18BrClN2O/c1-23(2)15-25-22(26-23)20-11-6-12-21(24)19(20)14-13-17-9-5-8-16-7-3-4-10-18(16)17;1-23(2)16-24-22(25-23)21-13-6-4-9-19(21)15-14-18-11-7-10-17-8-3-5-12-20(17)18;1-20(2)12-23-19(24-20)16-5-4-6-17(22)15(16)9-7-13-11-14(21)8-10-18(13)25-3;1-13-5-4-6-18(20-22-12-14(2)23-20)17(13)9-7-15-11-16(21)8-10-19(15)24-3;1-23-17-8-6-13(19)11-12(17)5-7-14-15(3-2-4-16(14)20)18-21-9-10-22-18/h3-12H,13-15H2,1-2H3,(H,25,26);3-13H,14-16H2,1-2H3,(H,24,25);4-6,8,10-11H,7,9,12H2,1-3H3,(H,23,24);4-6,8,10-11,14H,7,9,12H2,1-3H3,(H,22,23);2-4,6,8,11H,5,7,9-10H2,1H3,(H,21,22). The zero-order valence-corrected chi connectivity index (χ0v) is 78.4. The molecule has 636 valence electrons. The summed E-state index contributed by atoms with van der Waals surface area (Å²) >= 11 is 23.6. The average molecular weight is 1880 g/mol. The second-order valence-corrected chi connectivity index (χ2v) is 37.2. The van der Waals surface area contributed by atoms with Crippen LogP contribution in [0, 0.1) is 12.7 Å². The highest BCUT2D eigenvalue weighted by atomic mass is 79.9. The Hall–Kier alpha value is -10.1. The fourth-order valence-electron chi connectivity index (χ4n) is 16.3. The summed E-state index contributed by atoms with van der Waals surface area (Å²) in [5, 5.41) is 24.0. The van der Waals surface area contributed by atoms with Gasteiger partial charge in [-0.05, 0) is 275 Å². The van der Waals surface area contributed by atoms with E-state index < -0.39 is 0 Å². The Labute approximate surface area is 760 Å². The van der Waals surface area contributed by atoms with Gasteiger partial charge in [0.15, 0.2) is 0 Å². The van der Waals surface area contributed by atoms with Crippen LogP contribution in [0.4, 0.5) is 4.39 Å². The second kappa shape index (κ2) is 42.0. The third-order valence-electron chi connectivity index (χ3n) is 22.6. The van der Waals surface area contributed by atoms with Gasteiger partial charge in [-0.1, -0.05) is 235 Å². The smallest absolute Gasteiger partial charge is 0.129 e. The van der Waals surface area contributed by atoms with E-state index in [1.165, 1.54) is 66.1 Å². The van der Waals surface area contributed by atoms with Gasteiger partial charge in [-0.3, -0.25) is 25.0 Å². The molecule has 0 aromatic heterocycles. The number of hydrogen-bond acceptors (Lipinski definition) is 13. The largest absolute Gasteiger partial charge is 0.496 e. The Morgan fingerprint density at radius 1 is 0.374 bits per heavy atom. The van der Waals surface area contributed by atoms with E-state index in [9.17, 15) is 4.39 Å². The predicted octanol–water partition coefficient (Wildman–Crippen LogP) is 23.2. The van der Waals surface area contributed by atoms with Crippen LogP contribution < -0.4 is 40.8 Å². The Morgan fingerprint density at radius 3 is 1.20 bits per heavy atom. The normalized spacial score (nSPS) is 15.5. The topological polar surface area (TPSA) is 150 Å². The quantitative estimate of drug-likeness (QED) is 0.0425. The van der Waals surface area contributed by atoms with Crippen LogP contribution in [0.15, 0.2) is 275 Å². The van der Waals surface area contributed by atoms with Crippen LogP contribution in [0.2, 0.25) is 10.0 Å². The molecule has 5 aliphatic rings. The van der Waals surface area contributed by atoms with Crippen molar-refractivity contribution in [1.82, 2.24) is 26.6 Å². The van der Waals surface area contributed by atoms with Gasteiger partial charge < -0.3 is 40.8 Å². The van der Waals surface area contributed by atoms with Crippen LogP contribution in [-0.2, 0) is 64.2 Å². The molecule has 5 N–H and O–H groups in total. The molecule has 1 atom stereocenters. The molecular formula is C104H110Br3Cl2FN10O3. The van der Waals surface area contributed by atoms with Crippen LogP contribution in [0.5, 0.6) is 17.2 Å². The van der Waals surface area contributed by atoms with Gasteiger partial charge in [-0.15, -0.1) is 0 Å². The number of ether oxygens (including phenoxy) is 3. The highest BCUT2D eigenvalue weighted by Crippen LogP contribution is 2.34. The van der Waals surface area contributed by atoms with Crippen molar-refractivity contribution in [3.63, 3.8) is 0 Å². The molecule has 19 heteroatoms. The average Bonchev–Trinajstić information content (AvgIpc) is 1.67. The minimum atomic E-state index is -0.156. The number of aryl methyl sites for hydroxylation is 7. The van der Waals surface area contributed by atoms with Crippen molar-refractivity contribution in [2.45, 2.75) is 142 Å². The van der Waals surface area contributed by atoms with Crippen LogP contribution >= 0.6 is 71.0 Å². The summed E-state index contributed by atoms with van der Waals surface area (Å²) in [5.74, 6) is 7.35. The van der Waals surface area contributed by atoms with Gasteiger partial charge in [0, 0.05) is 63.9 Å². The first-order valence-electron chi connectivity index (χ1n) is 42.3. The number of benzene rings is 12. The molecule has 0 saturated carbocycles.